The molecule has 11 aromatic heterocycles. The molecule has 796 valence electrons. The molecule has 0 spiro atoms. The van der Waals surface area contributed by atoms with Gasteiger partial charge in [0.05, 0.1) is 41.7 Å². The first-order chi connectivity index (χ1) is 66.0. The number of benzene rings is 1. The lowest BCUT2D eigenvalue weighted by atomic mass is 9.89. The summed E-state index contributed by atoms with van der Waals surface area (Å²) in [4.78, 5) is 31.1. The Bertz CT molecular complexity index is 3330. The SMILES string of the molecule is CC.CC.CC.CC.CC.CC.CC.CC.CC.CC.CC.CC.CC(C)(C)Cc1ccoc1.CC(C)(C)Cc1ccsc1.CC(C)Cc1ccccc1.CC(C)Cc1ccccn1.CC(C)Cc1cccnc1.CC(C)Cc1ccco1.CC(C)Cc1cccs1.CC(C)Cc1ccncc1.CC(C)Cc1cnco1.CC(C)Cc1cncs1.CC(C)Cc1ncco1.CC(C)Cc1nccs1. The fourth-order valence-electron chi connectivity index (χ4n) is 10.6. The molecule has 0 radical (unpaired) electrons. The van der Waals surface area contributed by atoms with E-state index in [9.17, 15) is 0 Å². The lowest BCUT2D eigenvalue weighted by molar-refractivity contribution is 0.408. The second-order valence-corrected chi connectivity index (χ2v) is 38.9. The molecule has 0 aliphatic carbocycles. The maximum absolute atomic E-state index is 5.14. The largest absolute Gasteiger partial charge is 0.472 e. The van der Waals surface area contributed by atoms with Gasteiger partial charge in [-0.1, -0.05) is 395 Å². The zero-order valence-corrected chi connectivity index (χ0v) is 102. The summed E-state index contributed by atoms with van der Waals surface area (Å²) in [5, 5.41) is 9.78. The summed E-state index contributed by atoms with van der Waals surface area (Å²) < 4.78 is 20.2. The molecule has 0 N–H and O–H groups in total. The Balaban J connectivity index is -0.000000123. The normalized spacial score (nSPS) is 9.36. The second-order valence-electron chi connectivity index (χ2n) is 35.2. The zero-order chi connectivity index (χ0) is 109. The average Bonchev–Trinajstić information content (AvgIpc) is 1.79. The number of aromatic nitrogens is 7. The topological polar surface area (TPSA) is 143 Å². The zero-order valence-electron chi connectivity index (χ0n) is 99.0. The Morgan fingerprint density at radius 2 is 0.754 bits per heavy atom. The fraction of sp³-hybridized carbons (Fsp3) is 0.602. The van der Waals surface area contributed by atoms with Gasteiger partial charge in [0.25, 0.3) is 0 Å². The summed E-state index contributed by atoms with van der Waals surface area (Å²) >= 11 is 7.11. The van der Waals surface area contributed by atoms with Crippen molar-refractivity contribution < 1.29 is 17.7 Å². The Morgan fingerprint density at radius 3 is 1.12 bits per heavy atom. The van der Waals surface area contributed by atoms with Crippen molar-refractivity contribution in [2.75, 3.05) is 0 Å². The molecule has 0 amide bonds. The van der Waals surface area contributed by atoms with E-state index in [0.717, 1.165) is 104 Å². The van der Waals surface area contributed by atoms with E-state index < -0.39 is 0 Å². The minimum Gasteiger partial charge on any atom is -0.472 e. The molecule has 138 heavy (non-hydrogen) atoms. The molecule has 0 unspecified atom stereocenters. The molecule has 12 aromatic rings. The fourth-order valence-corrected chi connectivity index (χ4v) is 13.8. The third kappa shape index (κ3) is 122. The third-order valence-electron chi connectivity index (χ3n) is 14.9. The number of furan rings is 2. The molecule has 11 heterocycles. The van der Waals surface area contributed by atoms with Crippen LogP contribution in [0.5, 0.6) is 0 Å². The molecule has 12 rings (SSSR count). The lowest BCUT2D eigenvalue weighted by Crippen LogP contribution is -2.07. The molecule has 0 saturated heterocycles. The molecular weight excluding hydrogens is 1770 g/mol. The summed E-state index contributed by atoms with van der Waals surface area (Å²) in [6.45, 7) is 106. The van der Waals surface area contributed by atoms with E-state index in [-0.39, 0.29) is 0 Å². The Hall–Kier alpha value is -7.69. The molecule has 15 heteroatoms. The standard InChI is InChI=1S/C10H14.3C9H13N.C9H14O.C9H14S.C8H12O.C8H12S.2C7H11NO.2C7H11NS.12C2H6/c1-9(2)8-10-6-4-3-5-7-10;1-8(2)7-9-3-5-10-6-4-9;1-8(2)6-9-4-3-5-10-7-9;1-8(2)7-9-5-3-4-6-10-9;2*1-9(2,3)6-8-4-5-10-7-8;2*1-7(2)6-8-4-3-5-9-8;1-6(2)3-7-4-8-5-9-7;1-6(2)5-7-8-3-4-9-7;1-6(2)3-7-4-8-5-9-7;1-6(2)5-7-8-3-4-9-7;12*1-2/h3-7,9H,8H2,1-2H3;3-6,8H,7H2,1-2H3;3-5,7-8H,6H2,1-2H3;3-6,8H,7H2,1-2H3;2*4-5,7H,6H2,1-3H3;2*3-5,7H,6H2,1-2H3;4-6H,3H2,1-2H3;3-4,6H,5H2,1-2H3;4-6H,3H2,1-2H3;3-4,6H,5H2,1-2H3;12*1-2H3. The van der Waals surface area contributed by atoms with Gasteiger partial charge in [-0.05, 0) is 226 Å². The van der Waals surface area contributed by atoms with Crippen LogP contribution in [0.3, 0.4) is 0 Å². The number of nitrogens with zero attached hydrogens (tertiary/aromatic N) is 7. The van der Waals surface area contributed by atoms with Gasteiger partial charge in [0.2, 0.25) is 0 Å². The Kier molecular flexibility index (Phi) is 133. The smallest absolute Gasteiger partial charge is 0.194 e. The molecule has 0 aliphatic rings. The van der Waals surface area contributed by atoms with E-state index in [1.54, 1.807) is 65.2 Å². The maximum Gasteiger partial charge on any atom is 0.194 e. The van der Waals surface area contributed by atoms with Crippen molar-refractivity contribution >= 4 is 45.3 Å². The molecule has 1 aromatic carbocycles. The summed E-state index contributed by atoms with van der Waals surface area (Å²) in [6, 6.07) is 37.4. The first-order valence-electron chi connectivity index (χ1n) is 53.3. The minimum absolute atomic E-state index is 0.365. The van der Waals surface area contributed by atoms with Crippen molar-refractivity contribution in [3.8, 4) is 0 Å². The highest BCUT2D eigenvalue weighted by molar-refractivity contribution is 7.10. The van der Waals surface area contributed by atoms with Gasteiger partial charge in [0.1, 0.15) is 17.8 Å². The van der Waals surface area contributed by atoms with Crippen molar-refractivity contribution in [1.82, 2.24) is 34.9 Å². The number of thiophene rings is 2. The molecule has 0 atom stereocenters. The third-order valence-corrected chi connectivity index (χ3v) is 18.2. The highest BCUT2D eigenvalue weighted by atomic mass is 32.1. The van der Waals surface area contributed by atoms with Gasteiger partial charge < -0.3 is 17.7 Å². The Labute approximate surface area is 873 Å². The second kappa shape index (κ2) is 118. The first kappa shape index (κ1) is 156. The summed E-state index contributed by atoms with van der Waals surface area (Å²) in [5.41, 5.74) is 10.8. The summed E-state index contributed by atoms with van der Waals surface area (Å²) in [6.07, 6.45) is 38.2. The van der Waals surface area contributed by atoms with E-state index in [1.165, 1.54) is 80.4 Å². The van der Waals surface area contributed by atoms with Crippen molar-refractivity contribution in [1.29, 1.82) is 0 Å². The van der Waals surface area contributed by atoms with Crippen LogP contribution in [0.25, 0.3) is 0 Å². The molecule has 0 fully saturated rings. The summed E-state index contributed by atoms with van der Waals surface area (Å²) in [7, 11) is 0. The average molecular weight is 1990 g/mol. The van der Waals surface area contributed by atoms with Crippen LogP contribution >= 0.6 is 45.3 Å². The van der Waals surface area contributed by atoms with Crippen LogP contribution in [0.15, 0.2) is 241 Å². The van der Waals surface area contributed by atoms with Gasteiger partial charge in [0, 0.05) is 89.9 Å². The van der Waals surface area contributed by atoms with Gasteiger partial charge in [-0.25, -0.2) is 15.0 Å². The number of pyridine rings is 3. The van der Waals surface area contributed by atoms with E-state index in [1.807, 2.05) is 274 Å². The summed E-state index contributed by atoms with van der Waals surface area (Å²) in [5.74, 6) is 10.1. The van der Waals surface area contributed by atoms with Gasteiger partial charge in [0.15, 0.2) is 12.3 Å². The van der Waals surface area contributed by atoms with Crippen molar-refractivity contribution in [2.24, 2.45) is 70.0 Å². The van der Waals surface area contributed by atoms with Crippen molar-refractivity contribution in [3.05, 3.63) is 289 Å². The van der Waals surface area contributed by atoms with Crippen LogP contribution in [-0.2, 0) is 77.0 Å². The number of hydrogen-bond acceptors (Lipinski definition) is 15. The maximum atomic E-state index is 5.14. The van der Waals surface area contributed by atoms with E-state index in [2.05, 4.69) is 304 Å². The monoisotopic (exact) mass is 1990 g/mol. The lowest BCUT2D eigenvalue weighted by Gasteiger charge is -2.16. The van der Waals surface area contributed by atoms with Crippen LogP contribution in [0, 0.1) is 70.0 Å². The molecule has 11 nitrogen and oxygen atoms in total. The molecule has 0 saturated carbocycles. The van der Waals surface area contributed by atoms with Crippen molar-refractivity contribution in [3.63, 3.8) is 0 Å². The van der Waals surface area contributed by atoms with Gasteiger partial charge in [-0.15, -0.1) is 34.0 Å². The highest BCUT2D eigenvalue weighted by Crippen LogP contribution is 2.23. The van der Waals surface area contributed by atoms with E-state index >= 15 is 0 Å². The molecule has 0 aliphatic heterocycles. The minimum atomic E-state index is 0.365. The van der Waals surface area contributed by atoms with Crippen LogP contribution in [-0.4, -0.2) is 34.9 Å². The molecular formula is C123H221N7O4S4. The quantitative estimate of drug-likeness (QED) is 0.0640. The predicted molar refractivity (Wildman–Crippen MR) is 630 cm³/mol. The number of hydrogen-bond donors (Lipinski definition) is 0. The first-order valence-corrected chi connectivity index (χ1v) is 56.9. The van der Waals surface area contributed by atoms with Crippen molar-refractivity contribution in [2.45, 2.75) is 423 Å². The Morgan fingerprint density at radius 1 is 0.275 bits per heavy atom. The van der Waals surface area contributed by atoms with Crippen LogP contribution in [0.1, 0.15) is 412 Å². The van der Waals surface area contributed by atoms with Gasteiger partial charge in [-0.3, -0.25) is 19.9 Å². The number of oxazole rings is 2. The predicted octanol–water partition coefficient (Wildman–Crippen LogP) is 42.1. The van der Waals surface area contributed by atoms with Gasteiger partial charge >= 0.3 is 0 Å². The number of rotatable bonds is 22. The van der Waals surface area contributed by atoms with E-state index in [4.69, 9.17) is 17.7 Å². The van der Waals surface area contributed by atoms with Crippen LogP contribution < -0.4 is 0 Å². The number of thiazole rings is 2. The van der Waals surface area contributed by atoms with Crippen LogP contribution in [0.4, 0.5) is 0 Å². The molecule has 0 bridgehead atoms. The van der Waals surface area contributed by atoms with Crippen LogP contribution in [0.2, 0.25) is 0 Å². The highest BCUT2D eigenvalue weighted by Gasteiger charge is 2.13. The van der Waals surface area contributed by atoms with Gasteiger partial charge in [-0.2, -0.15) is 11.3 Å². The van der Waals surface area contributed by atoms with E-state index in [0.29, 0.717) is 34.5 Å².